The van der Waals surface area contributed by atoms with E-state index in [1.165, 1.54) is 24.0 Å². The fraction of sp³-hybridized carbons (Fsp3) is 0.600. The SMILES string of the molecule is CCN(CC(=O)O)C1CC(NC(=O)Cc2ccc3c(c2)CCCC3)C1. The zero-order chi connectivity index (χ0) is 17.8. The Labute approximate surface area is 149 Å². The molecule has 1 aromatic rings. The minimum absolute atomic E-state index is 0.0699. The number of likely N-dealkylation sites (N-methyl/N-ethyl adjacent to an activating group) is 1. The number of rotatable bonds is 7. The van der Waals surface area contributed by atoms with Crippen molar-refractivity contribution < 1.29 is 14.7 Å². The molecule has 25 heavy (non-hydrogen) atoms. The van der Waals surface area contributed by atoms with E-state index < -0.39 is 5.97 Å². The Hall–Kier alpha value is -1.88. The quantitative estimate of drug-likeness (QED) is 0.795. The maximum atomic E-state index is 12.3. The first-order chi connectivity index (χ1) is 12.0. The van der Waals surface area contributed by atoms with Crippen molar-refractivity contribution in [2.45, 2.75) is 64.0 Å². The predicted molar refractivity (Wildman–Crippen MR) is 96.6 cm³/mol. The van der Waals surface area contributed by atoms with Crippen LogP contribution in [-0.2, 0) is 28.9 Å². The second-order valence-electron chi connectivity index (χ2n) is 7.33. The highest BCUT2D eigenvalue weighted by Gasteiger charge is 2.34. The van der Waals surface area contributed by atoms with Crippen LogP contribution < -0.4 is 5.32 Å². The Bertz CT molecular complexity index is 638. The number of nitrogens with zero attached hydrogens (tertiary/aromatic N) is 1. The summed E-state index contributed by atoms with van der Waals surface area (Å²) in [4.78, 5) is 25.1. The summed E-state index contributed by atoms with van der Waals surface area (Å²) in [5, 5.41) is 12.0. The van der Waals surface area contributed by atoms with E-state index in [1.54, 1.807) is 0 Å². The summed E-state index contributed by atoms with van der Waals surface area (Å²) in [7, 11) is 0. The molecule has 2 aliphatic rings. The third-order valence-corrected chi connectivity index (χ3v) is 5.52. The van der Waals surface area contributed by atoms with Gasteiger partial charge in [0.1, 0.15) is 0 Å². The lowest BCUT2D eigenvalue weighted by molar-refractivity contribution is -0.139. The molecule has 0 spiro atoms. The number of benzene rings is 1. The van der Waals surface area contributed by atoms with E-state index in [4.69, 9.17) is 5.11 Å². The second kappa shape index (κ2) is 8.00. The molecule has 0 atom stereocenters. The van der Waals surface area contributed by atoms with Crippen LogP contribution in [-0.4, -0.2) is 47.1 Å². The number of nitrogens with one attached hydrogen (secondary N) is 1. The molecule has 1 saturated carbocycles. The van der Waals surface area contributed by atoms with Gasteiger partial charge in [0.25, 0.3) is 0 Å². The second-order valence-corrected chi connectivity index (χ2v) is 7.33. The van der Waals surface area contributed by atoms with Gasteiger partial charge in [-0.3, -0.25) is 14.5 Å². The van der Waals surface area contributed by atoms with Crippen molar-refractivity contribution in [1.82, 2.24) is 10.2 Å². The van der Waals surface area contributed by atoms with E-state index in [0.29, 0.717) is 6.42 Å². The van der Waals surface area contributed by atoms with E-state index in [9.17, 15) is 9.59 Å². The molecule has 0 aromatic heterocycles. The average Bonchev–Trinajstić information content (AvgIpc) is 2.55. The molecule has 0 heterocycles. The summed E-state index contributed by atoms with van der Waals surface area (Å²) >= 11 is 0. The molecule has 0 saturated heterocycles. The van der Waals surface area contributed by atoms with Crippen molar-refractivity contribution in [3.8, 4) is 0 Å². The van der Waals surface area contributed by atoms with Crippen molar-refractivity contribution in [1.29, 1.82) is 0 Å². The lowest BCUT2D eigenvalue weighted by atomic mass is 9.85. The number of amides is 1. The van der Waals surface area contributed by atoms with E-state index >= 15 is 0 Å². The first-order valence-electron chi connectivity index (χ1n) is 9.41. The third kappa shape index (κ3) is 4.60. The van der Waals surface area contributed by atoms with Crippen LogP contribution in [0.4, 0.5) is 0 Å². The van der Waals surface area contributed by atoms with E-state index in [1.807, 2.05) is 11.8 Å². The number of aliphatic carboxylic acids is 1. The predicted octanol–water partition coefficient (Wildman–Crippen LogP) is 2.16. The van der Waals surface area contributed by atoms with Crippen LogP contribution in [0, 0.1) is 0 Å². The summed E-state index contributed by atoms with van der Waals surface area (Å²) in [5.41, 5.74) is 3.94. The normalized spacial score (nSPS) is 22.2. The molecule has 5 heteroatoms. The summed E-state index contributed by atoms with van der Waals surface area (Å²) in [6, 6.07) is 6.91. The van der Waals surface area contributed by atoms with Gasteiger partial charge in [0.2, 0.25) is 5.91 Å². The van der Waals surface area contributed by atoms with Crippen molar-refractivity contribution in [3.05, 3.63) is 34.9 Å². The van der Waals surface area contributed by atoms with Crippen molar-refractivity contribution >= 4 is 11.9 Å². The number of carbonyl (C=O) groups excluding carboxylic acids is 1. The fourth-order valence-electron chi connectivity index (χ4n) is 4.04. The molecule has 1 fully saturated rings. The van der Waals surface area contributed by atoms with Crippen LogP contribution in [0.1, 0.15) is 49.3 Å². The van der Waals surface area contributed by atoms with Crippen molar-refractivity contribution in [2.75, 3.05) is 13.1 Å². The maximum Gasteiger partial charge on any atom is 0.317 e. The molecule has 0 unspecified atom stereocenters. The van der Waals surface area contributed by atoms with Gasteiger partial charge in [0, 0.05) is 12.1 Å². The van der Waals surface area contributed by atoms with Gasteiger partial charge in [-0.1, -0.05) is 25.1 Å². The molecule has 2 N–H and O–H groups in total. The van der Waals surface area contributed by atoms with Gasteiger partial charge in [0.05, 0.1) is 13.0 Å². The number of aryl methyl sites for hydroxylation is 2. The number of hydrogen-bond donors (Lipinski definition) is 2. The highest BCUT2D eigenvalue weighted by atomic mass is 16.4. The molecule has 2 aliphatic carbocycles. The Morgan fingerprint density at radius 3 is 2.60 bits per heavy atom. The number of fused-ring (bicyclic) bond motifs is 1. The average molecular weight is 344 g/mol. The molecular weight excluding hydrogens is 316 g/mol. The smallest absolute Gasteiger partial charge is 0.317 e. The largest absolute Gasteiger partial charge is 0.480 e. The number of carbonyl (C=O) groups is 2. The van der Waals surface area contributed by atoms with Crippen molar-refractivity contribution in [3.63, 3.8) is 0 Å². The number of carboxylic acids is 1. The summed E-state index contributed by atoms with van der Waals surface area (Å²) in [6.07, 6.45) is 6.93. The summed E-state index contributed by atoms with van der Waals surface area (Å²) < 4.78 is 0. The third-order valence-electron chi connectivity index (χ3n) is 5.52. The first kappa shape index (κ1) is 17.9. The number of carboxylic acid groups (broad SMARTS) is 1. The van der Waals surface area contributed by atoms with Gasteiger partial charge < -0.3 is 10.4 Å². The zero-order valence-corrected chi connectivity index (χ0v) is 15.0. The summed E-state index contributed by atoms with van der Waals surface area (Å²) in [5.74, 6) is -0.720. The van der Waals surface area contributed by atoms with E-state index in [-0.39, 0.29) is 24.5 Å². The minimum atomic E-state index is -0.790. The molecule has 0 aliphatic heterocycles. The Morgan fingerprint density at radius 2 is 1.92 bits per heavy atom. The van der Waals surface area contributed by atoms with Gasteiger partial charge in [-0.25, -0.2) is 0 Å². The Balaban J connectivity index is 1.45. The lowest BCUT2D eigenvalue weighted by Crippen LogP contribution is -2.55. The molecule has 1 aromatic carbocycles. The standard InChI is InChI=1S/C20H28N2O3/c1-2-22(13-20(24)25)18-11-17(12-18)21-19(23)10-14-7-8-15-5-3-4-6-16(15)9-14/h7-9,17-18H,2-6,10-13H2,1H3,(H,21,23)(H,24,25). The van der Waals surface area contributed by atoms with E-state index in [2.05, 4.69) is 23.5 Å². The maximum absolute atomic E-state index is 12.3. The lowest BCUT2D eigenvalue weighted by Gasteiger charge is -2.42. The Morgan fingerprint density at radius 1 is 1.20 bits per heavy atom. The van der Waals surface area contributed by atoms with Crippen LogP contribution in [0.15, 0.2) is 18.2 Å². The number of hydrogen-bond acceptors (Lipinski definition) is 3. The first-order valence-corrected chi connectivity index (χ1v) is 9.41. The highest BCUT2D eigenvalue weighted by molar-refractivity contribution is 5.79. The molecule has 0 bridgehead atoms. The molecule has 0 radical (unpaired) electrons. The molecular formula is C20H28N2O3. The minimum Gasteiger partial charge on any atom is -0.480 e. The van der Waals surface area contributed by atoms with Crippen LogP contribution in [0.2, 0.25) is 0 Å². The van der Waals surface area contributed by atoms with Gasteiger partial charge in [0.15, 0.2) is 0 Å². The van der Waals surface area contributed by atoms with Crippen LogP contribution in [0.25, 0.3) is 0 Å². The fourth-order valence-corrected chi connectivity index (χ4v) is 4.04. The summed E-state index contributed by atoms with van der Waals surface area (Å²) in [6.45, 7) is 2.79. The van der Waals surface area contributed by atoms with Crippen molar-refractivity contribution in [2.24, 2.45) is 0 Å². The van der Waals surface area contributed by atoms with Crippen LogP contribution in [0.5, 0.6) is 0 Å². The van der Waals surface area contributed by atoms with Crippen LogP contribution in [0.3, 0.4) is 0 Å². The topological polar surface area (TPSA) is 69.6 Å². The molecule has 5 nitrogen and oxygen atoms in total. The molecule has 136 valence electrons. The van der Waals surface area contributed by atoms with Gasteiger partial charge in [-0.2, -0.15) is 0 Å². The monoisotopic (exact) mass is 344 g/mol. The van der Waals surface area contributed by atoms with Crippen LogP contribution >= 0.6 is 0 Å². The van der Waals surface area contributed by atoms with Gasteiger partial charge in [-0.15, -0.1) is 0 Å². The molecule has 3 rings (SSSR count). The molecule has 1 amide bonds. The Kier molecular flexibility index (Phi) is 5.74. The van der Waals surface area contributed by atoms with Gasteiger partial charge in [-0.05, 0) is 61.8 Å². The highest BCUT2D eigenvalue weighted by Crippen LogP contribution is 2.26. The van der Waals surface area contributed by atoms with Gasteiger partial charge >= 0.3 is 5.97 Å². The zero-order valence-electron chi connectivity index (χ0n) is 15.0. The van der Waals surface area contributed by atoms with E-state index in [0.717, 1.165) is 37.8 Å².